The molecule has 0 aromatic heterocycles. The van der Waals surface area contributed by atoms with Crippen LogP contribution in [0, 0.1) is 11.3 Å². The minimum Gasteiger partial charge on any atom is -0.444 e. The summed E-state index contributed by atoms with van der Waals surface area (Å²) in [6.45, 7) is 8.28. The number of rotatable bonds is 3. The summed E-state index contributed by atoms with van der Waals surface area (Å²) in [6, 6.07) is 1.75. The number of carbonyl (C=O) groups is 2. The summed E-state index contributed by atoms with van der Waals surface area (Å²) in [5.41, 5.74) is -1.70. The summed E-state index contributed by atoms with van der Waals surface area (Å²) in [5.74, 6) is -0.346. The van der Waals surface area contributed by atoms with Crippen molar-refractivity contribution in [3.8, 4) is 6.07 Å². The molecule has 0 aliphatic carbocycles. The number of ketones is 1. The lowest BCUT2D eigenvalue weighted by atomic mass is 9.97. The first-order chi connectivity index (χ1) is 7.08. The standard InChI is InChI=1S/C11H18N2O3/c1-10(2,3)16-9(15)13-11(4,5)8(14)6-7-12/h6H2,1-5H3,(H,13,15). The highest BCUT2D eigenvalue weighted by atomic mass is 16.6. The second kappa shape index (κ2) is 4.97. The molecule has 0 spiro atoms. The molecule has 0 saturated carbocycles. The lowest BCUT2D eigenvalue weighted by Gasteiger charge is -2.26. The van der Waals surface area contributed by atoms with Crippen molar-refractivity contribution in [1.29, 1.82) is 5.26 Å². The Balaban J connectivity index is 4.43. The normalized spacial score (nSPS) is 11.5. The van der Waals surface area contributed by atoms with Gasteiger partial charge in [0.15, 0.2) is 5.78 Å². The van der Waals surface area contributed by atoms with Crippen molar-refractivity contribution in [3.05, 3.63) is 0 Å². The third kappa shape index (κ3) is 5.35. The Kier molecular flexibility index (Phi) is 4.48. The van der Waals surface area contributed by atoms with Gasteiger partial charge in [0.05, 0.1) is 18.0 Å². The van der Waals surface area contributed by atoms with E-state index in [9.17, 15) is 9.59 Å². The van der Waals surface area contributed by atoms with Crippen LogP contribution < -0.4 is 5.32 Å². The molecular weight excluding hydrogens is 208 g/mol. The van der Waals surface area contributed by atoms with Gasteiger partial charge in [0.2, 0.25) is 0 Å². The number of nitriles is 1. The van der Waals surface area contributed by atoms with Crippen LogP contribution in [-0.2, 0) is 9.53 Å². The maximum Gasteiger partial charge on any atom is 0.408 e. The van der Waals surface area contributed by atoms with Crippen LogP contribution in [-0.4, -0.2) is 23.0 Å². The van der Waals surface area contributed by atoms with E-state index in [1.54, 1.807) is 26.8 Å². The van der Waals surface area contributed by atoms with E-state index in [4.69, 9.17) is 10.00 Å². The molecule has 0 aliphatic heterocycles. The summed E-state index contributed by atoms with van der Waals surface area (Å²) in [4.78, 5) is 22.9. The average Bonchev–Trinajstić information content (AvgIpc) is 1.99. The van der Waals surface area contributed by atoms with E-state index in [0.29, 0.717) is 0 Å². The van der Waals surface area contributed by atoms with Crippen LogP contribution in [0.3, 0.4) is 0 Å². The van der Waals surface area contributed by atoms with Gasteiger partial charge in [-0.25, -0.2) is 4.79 Å². The van der Waals surface area contributed by atoms with Crippen molar-refractivity contribution in [1.82, 2.24) is 5.32 Å². The molecule has 16 heavy (non-hydrogen) atoms. The van der Waals surface area contributed by atoms with Crippen molar-refractivity contribution in [2.75, 3.05) is 0 Å². The molecule has 0 aromatic carbocycles. The quantitative estimate of drug-likeness (QED) is 0.795. The van der Waals surface area contributed by atoms with E-state index in [2.05, 4.69) is 5.32 Å². The van der Waals surface area contributed by atoms with Gasteiger partial charge < -0.3 is 10.1 Å². The minimum absolute atomic E-state index is 0.233. The van der Waals surface area contributed by atoms with Crippen molar-refractivity contribution in [2.45, 2.75) is 52.2 Å². The van der Waals surface area contributed by atoms with Gasteiger partial charge in [-0.2, -0.15) is 5.26 Å². The molecule has 0 fully saturated rings. The number of ether oxygens (including phenoxy) is 1. The third-order valence-corrected chi connectivity index (χ3v) is 1.75. The zero-order chi connectivity index (χ0) is 13.0. The summed E-state index contributed by atoms with van der Waals surface area (Å²) >= 11 is 0. The van der Waals surface area contributed by atoms with Gasteiger partial charge in [-0.15, -0.1) is 0 Å². The molecule has 5 nitrogen and oxygen atoms in total. The van der Waals surface area contributed by atoms with Gasteiger partial charge in [-0.3, -0.25) is 4.79 Å². The molecule has 0 bridgehead atoms. The molecule has 90 valence electrons. The fourth-order valence-corrected chi connectivity index (χ4v) is 0.921. The number of Topliss-reactive ketones (excluding diaryl/α,β-unsaturated/α-hetero) is 1. The highest BCUT2D eigenvalue weighted by molar-refractivity contribution is 5.92. The van der Waals surface area contributed by atoms with Crippen molar-refractivity contribution in [2.24, 2.45) is 0 Å². The Hall–Kier alpha value is -1.57. The summed E-state index contributed by atoms with van der Waals surface area (Å²) in [6.07, 6.45) is -0.896. The number of hydrogen-bond donors (Lipinski definition) is 1. The summed E-state index contributed by atoms with van der Waals surface area (Å²) in [7, 11) is 0. The number of carbonyl (C=O) groups excluding carboxylic acids is 2. The Morgan fingerprint density at radius 3 is 2.12 bits per heavy atom. The van der Waals surface area contributed by atoms with E-state index in [1.165, 1.54) is 13.8 Å². The topological polar surface area (TPSA) is 79.2 Å². The van der Waals surface area contributed by atoms with Gasteiger partial charge in [-0.05, 0) is 34.6 Å². The van der Waals surface area contributed by atoms with E-state index in [-0.39, 0.29) is 12.2 Å². The number of nitrogens with zero attached hydrogens (tertiary/aromatic N) is 1. The molecule has 0 aliphatic rings. The SMILES string of the molecule is CC(C)(C)OC(=O)NC(C)(C)C(=O)CC#N. The van der Waals surface area contributed by atoms with Crippen LogP contribution in [0.1, 0.15) is 41.0 Å². The molecule has 1 N–H and O–H groups in total. The number of nitrogens with one attached hydrogen (secondary N) is 1. The lowest BCUT2D eigenvalue weighted by molar-refractivity contribution is -0.123. The first-order valence-corrected chi connectivity index (χ1v) is 5.00. The van der Waals surface area contributed by atoms with Crippen molar-refractivity contribution < 1.29 is 14.3 Å². The van der Waals surface area contributed by atoms with Crippen LogP contribution in [0.25, 0.3) is 0 Å². The second-order valence-corrected chi connectivity index (χ2v) is 5.01. The zero-order valence-electron chi connectivity index (χ0n) is 10.4. The zero-order valence-corrected chi connectivity index (χ0v) is 10.4. The molecule has 0 atom stereocenters. The fraction of sp³-hybridized carbons (Fsp3) is 0.727. The monoisotopic (exact) mass is 226 g/mol. The van der Waals surface area contributed by atoms with E-state index in [0.717, 1.165) is 0 Å². The molecule has 0 aromatic rings. The molecular formula is C11H18N2O3. The number of amides is 1. The van der Waals surface area contributed by atoms with Crippen LogP contribution in [0.5, 0.6) is 0 Å². The number of alkyl carbamates (subject to hydrolysis) is 1. The lowest BCUT2D eigenvalue weighted by Crippen LogP contribution is -2.51. The number of hydrogen-bond acceptors (Lipinski definition) is 4. The highest BCUT2D eigenvalue weighted by Crippen LogP contribution is 2.11. The Bertz CT molecular complexity index is 321. The maximum atomic E-state index is 11.5. The Morgan fingerprint density at radius 1 is 1.25 bits per heavy atom. The van der Waals surface area contributed by atoms with Crippen LogP contribution in [0.4, 0.5) is 4.79 Å². The van der Waals surface area contributed by atoms with Crippen molar-refractivity contribution >= 4 is 11.9 Å². The van der Waals surface area contributed by atoms with Crippen LogP contribution in [0.15, 0.2) is 0 Å². The van der Waals surface area contributed by atoms with Gasteiger partial charge >= 0.3 is 6.09 Å². The summed E-state index contributed by atoms with van der Waals surface area (Å²) in [5, 5.41) is 10.8. The van der Waals surface area contributed by atoms with E-state index >= 15 is 0 Å². The molecule has 5 heteroatoms. The average molecular weight is 226 g/mol. The third-order valence-electron chi connectivity index (χ3n) is 1.75. The minimum atomic E-state index is -1.09. The molecule has 0 rings (SSSR count). The van der Waals surface area contributed by atoms with Gasteiger partial charge in [-0.1, -0.05) is 0 Å². The first-order valence-electron chi connectivity index (χ1n) is 5.00. The maximum absolute atomic E-state index is 11.5. The van der Waals surface area contributed by atoms with Gasteiger partial charge in [0.1, 0.15) is 5.60 Å². The molecule has 0 heterocycles. The first kappa shape index (κ1) is 14.4. The molecule has 0 unspecified atom stereocenters. The molecule has 0 radical (unpaired) electrons. The Labute approximate surface area is 95.8 Å². The smallest absolute Gasteiger partial charge is 0.408 e. The predicted octanol–water partition coefficient (Wildman–Crippen LogP) is 1.77. The van der Waals surface area contributed by atoms with Gasteiger partial charge in [0, 0.05) is 0 Å². The Morgan fingerprint density at radius 2 is 1.75 bits per heavy atom. The predicted molar refractivity (Wildman–Crippen MR) is 58.7 cm³/mol. The largest absolute Gasteiger partial charge is 0.444 e. The summed E-state index contributed by atoms with van der Waals surface area (Å²) < 4.78 is 5.02. The van der Waals surface area contributed by atoms with Crippen LogP contribution in [0.2, 0.25) is 0 Å². The molecule has 1 amide bonds. The highest BCUT2D eigenvalue weighted by Gasteiger charge is 2.30. The van der Waals surface area contributed by atoms with E-state index < -0.39 is 17.2 Å². The van der Waals surface area contributed by atoms with Gasteiger partial charge in [0.25, 0.3) is 0 Å². The fourth-order valence-electron chi connectivity index (χ4n) is 0.921. The second-order valence-electron chi connectivity index (χ2n) is 5.01. The van der Waals surface area contributed by atoms with Crippen molar-refractivity contribution in [3.63, 3.8) is 0 Å². The van der Waals surface area contributed by atoms with E-state index in [1.807, 2.05) is 0 Å². The molecule has 0 saturated heterocycles. The van der Waals surface area contributed by atoms with Crippen LogP contribution >= 0.6 is 0 Å².